The standard InChI is InChI=1S/C24H29ClN2/c25-22-7-4-19(5-8-22)24-3-1-2-12-27(24)17-18-10-13-26(14-11-18)23-9-6-20-15-21(20)16-23/h4-9,16,18,24H,1-3,10-15,17H2. The van der Waals surface area contributed by atoms with Crippen molar-refractivity contribution < 1.29 is 0 Å². The van der Waals surface area contributed by atoms with Crippen LogP contribution in [-0.2, 0) is 6.42 Å². The van der Waals surface area contributed by atoms with E-state index in [0.717, 1.165) is 10.9 Å². The molecule has 0 N–H and O–H groups in total. The van der Waals surface area contributed by atoms with Gasteiger partial charge in [-0.05, 0) is 85.5 Å². The van der Waals surface area contributed by atoms with Crippen LogP contribution in [0.25, 0.3) is 0 Å². The van der Waals surface area contributed by atoms with E-state index in [9.17, 15) is 0 Å². The molecule has 1 atom stereocenters. The molecule has 2 aromatic rings. The molecule has 2 saturated heterocycles. The van der Waals surface area contributed by atoms with Crippen LogP contribution in [-0.4, -0.2) is 31.1 Å². The predicted molar refractivity (Wildman–Crippen MR) is 114 cm³/mol. The molecule has 0 amide bonds. The lowest BCUT2D eigenvalue weighted by Gasteiger charge is -2.41. The van der Waals surface area contributed by atoms with Gasteiger partial charge in [0.05, 0.1) is 0 Å². The molecule has 27 heavy (non-hydrogen) atoms. The summed E-state index contributed by atoms with van der Waals surface area (Å²) in [5.41, 5.74) is 6.00. The Hall–Kier alpha value is -1.51. The lowest BCUT2D eigenvalue weighted by atomic mass is 9.91. The summed E-state index contributed by atoms with van der Waals surface area (Å²) in [4.78, 5) is 5.36. The third-order valence-corrected chi connectivity index (χ3v) is 7.04. The van der Waals surface area contributed by atoms with E-state index >= 15 is 0 Å². The van der Waals surface area contributed by atoms with Crippen LogP contribution >= 0.6 is 11.6 Å². The highest BCUT2D eigenvalue weighted by atomic mass is 35.5. The molecule has 2 heterocycles. The summed E-state index contributed by atoms with van der Waals surface area (Å²) in [6, 6.07) is 16.2. The van der Waals surface area contributed by atoms with Gasteiger partial charge in [-0.25, -0.2) is 0 Å². The van der Waals surface area contributed by atoms with Crippen LogP contribution in [0.2, 0.25) is 5.02 Å². The lowest BCUT2D eigenvalue weighted by molar-refractivity contribution is 0.117. The van der Waals surface area contributed by atoms with E-state index in [1.54, 1.807) is 11.1 Å². The van der Waals surface area contributed by atoms with Crippen molar-refractivity contribution in [3.63, 3.8) is 0 Å². The second-order valence-corrected chi connectivity index (χ2v) is 9.05. The number of hydrogen-bond acceptors (Lipinski definition) is 2. The topological polar surface area (TPSA) is 6.48 Å². The monoisotopic (exact) mass is 380 g/mol. The van der Waals surface area contributed by atoms with Crippen molar-refractivity contribution in [3.8, 4) is 0 Å². The molecule has 2 nitrogen and oxygen atoms in total. The summed E-state index contributed by atoms with van der Waals surface area (Å²) >= 11 is 6.10. The zero-order valence-corrected chi connectivity index (χ0v) is 16.8. The number of piperidine rings is 2. The predicted octanol–water partition coefficient (Wildman–Crippen LogP) is 5.69. The molecule has 0 radical (unpaired) electrons. The van der Waals surface area contributed by atoms with Crippen molar-refractivity contribution in [2.75, 3.05) is 31.1 Å². The van der Waals surface area contributed by atoms with Gasteiger partial charge in [-0.2, -0.15) is 0 Å². The van der Waals surface area contributed by atoms with E-state index in [2.05, 4.69) is 40.1 Å². The van der Waals surface area contributed by atoms with Gasteiger partial charge in [-0.15, -0.1) is 0 Å². The highest BCUT2D eigenvalue weighted by Gasteiger charge is 2.28. The molecule has 0 aromatic heterocycles. The minimum atomic E-state index is 0.582. The van der Waals surface area contributed by atoms with Crippen LogP contribution in [0.15, 0.2) is 42.5 Å². The van der Waals surface area contributed by atoms with E-state index < -0.39 is 0 Å². The van der Waals surface area contributed by atoms with Gasteiger partial charge < -0.3 is 4.90 Å². The number of rotatable bonds is 4. The Morgan fingerprint density at radius 1 is 0.852 bits per heavy atom. The molecule has 0 saturated carbocycles. The summed E-state index contributed by atoms with van der Waals surface area (Å²) in [5, 5.41) is 0.841. The average molecular weight is 381 g/mol. The van der Waals surface area contributed by atoms with Gasteiger partial charge >= 0.3 is 0 Å². The highest BCUT2D eigenvalue weighted by molar-refractivity contribution is 6.30. The molecule has 3 aliphatic rings. The summed E-state index contributed by atoms with van der Waals surface area (Å²) in [6.07, 6.45) is 7.84. The second-order valence-electron chi connectivity index (χ2n) is 8.62. The Kier molecular flexibility index (Phi) is 4.87. The first-order valence-electron chi connectivity index (χ1n) is 10.6. The molecule has 2 fully saturated rings. The van der Waals surface area contributed by atoms with Gasteiger partial charge in [-0.1, -0.05) is 36.2 Å². The molecule has 1 aliphatic carbocycles. The van der Waals surface area contributed by atoms with Crippen LogP contribution in [0, 0.1) is 5.92 Å². The molecule has 0 spiro atoms. The SMILES string of the molecule is Clc1ccc(C2CCCCN2CC2CCN(c3ccc4c(c3)C4)CC2)cc1. The first-order chi connectivity index (χ1) is 13.3. The Morgan fingerprint density at radius 3 is 2.44 bits per heavy atom. The fourth-order valence-electron chi connectivity index (χ4n) is 5.06. The van der Waals surface area contributed by atoms with E-state index in [-0.39, 0.29) is 0 Å². The maximum Gasteiger partial charge on any atom is 0.0406 e. The minimum Gasteiger partial charge on any atom is -0.372 e. The number of nitrogens with zero attached hydrogens (tertiary/aromatic N) is 2. The maximum atomic E-state index is 6.10. The minimum absolute atomic E-state index is 0.582. The van der Waals surface area contributed by atoms with Crippen LogP contribution < -0.4 is 4.90 Å². The molecule has 142 valence electrons. The fraction of sp³-hybridized carbons (Fsp3) is 0.500. The number of likely N-dealkylation sites (tertiary alicyclic amines) is 1. The zero-order chi connectivity index (χ0) is 18.2. The number of fused-ring (bicyclic) bond motifs is 1. The molecule has 0 bridgehead atoms. The van der Waals surface area contributed by atoms with Gasteiger partial charge in [0, 0.05) is 36.4 Å². The van der Waals surface area contributed by atoms with Gasteiger partial charge in [0.25, 0.3) is 0 Å². The number of hydrogen-bond donors (Lipinski definition) is 0. The summed E-state index contributed by atoms with van der Waals surface area (Å²) in [7, 11) is 0. The molecule has 2 aliphatic heterocycles. The maximum absolute atomic E-state index is 6.10. The van der Waals surface area contributed by atoms with Crippen molar-refractivity contribution in [3.05, 3.63) is 64.2 Å². The number of halogens is 1. The van der Waals surface area contributed by atoms with Gasteiger partial charge in [0.2, 0.25) is 0 Å². The van der Waals surface area contributed by atoms with E-state index in [0.29, 0.717) is 6.04 Å². The Labute approximate surface area is 168 Å². The van der Waals surface area contributed by atoms with Crippen molar-refractivity contribution in [2.24, 2.45) is 5.92 Å². The highest BCUT2D eigenvalue weighted by Crippen LogP contribution is 2.35. The number of anilines is 1. The van der Waals surface area contributed by atoms with E-state index in [4.69, 9.17) is 11.6 Å². The normalized spacial score (nSPS) is 23.3. The molecule has 5 rings (SSSR count). The first kappa shape index (κ1) is 17.6. The summed E-state index contributed by atoms with van der Waals surface area (Å²) < 4.78 is 0. The first-order valence-corrected chi connectivity index (χ1v) is 11.0. The van der Waals surface area contributed by atoms with E-state index in [1.165, 1.54) is 76.0 Å². The molecule has 3 heteroatoms. The van der Waals surface area contributed by atoms with Crippen molar-refractivity contribution in [2.45, 2.75) is 44.6 Å². The smallest absolute Gasteiger partial charge is 0.0406 e. The van der Waals surface area contributed by atoms with Gasteiger partial charge in [0.1, 0.15) is 0 Å². The summed E-state index contributed by atoms with van der Waals surface area (Å²) in [5.74, 6) is 0.832. The van der Waals surface area contributed by atoms with E-state index in [1.807, 2.05) is 12.1 Å². The van der Waals surface area contributed by atoms with Crippen molar-refractivity contribution in [1.82, 2.24) is 4.90 Å². The fourth-order valence-corrected chi connectivity index (χ4v) is 5.18. The second kappa shape index (κ2) is 7.48. The average Bonchev–Trinajstić information content (AvgIpc) is 3.49. The Morgan fingerprint density at radius 2 is 1.67 bits per heavy atom. The largest absolute Gasteiger partial charge is 0.372 e. The summed E-state index contributed by atoms with van der Waals surface area (Å²) in [6.45, 7) is 4.93. The zero-order valence-electron chi connectivity index (χ0n) is 16.0. The molecule has 2 aromatic carbocycles. The third kappa shape index (κ3) is 3.88. The van der Waals surface area contributed by atoms with Crippen LogP contribution in [0.1, 0.15) is 54.8 Å². The molecule has 1 unspecified atom stereocenters. The third-order valence-electron chi connectivity index (χ3n) is 6.79. The number of benzene rings is 2. The quantitative estimate of drug-likeness (QED) is 0.573. The molecular weight excluding hydrogens is 352 g/mol. The molecular formula is C24H29ClN2. The van der Waals surface area contributed by atoms with Crippen molar-refractivity contribution in [1.29, 1.82) is 0 Å². The van der Waals surface area contributed by atoms with Crippen LogP contribution in [0.5, 0.6) is 0 Å². The van der Waals surface area contributed by atoms with Crippen LogP contribution in [0.3, 0.4) is 0 Å². The van der Waals surface area contributed by atoms with Gasteiger partial charge in [-0.3, -0.25) is 4.90 Å². The van der Waals surface area contributed by atoms with Crippen LogP contribution in [0.4, 0.5) is 5.69 Å². The lowest BCUT2D eigenvalue weighted by Crippen LogP contribution is -2.41. The Balaban J connectivity index is 1.20. The Bertz CT molecular complexity index is 793. The van der Waals surface area contributed by atoms with Gasteiger partial charge in [0.15, 0.2) is 0 Å². The van der Waals surface area contributed by atoms with Crippen molar-refractivity contribution >= 4 is 17.3 Å².